The van der Waals surface area contributed by atoms with E-state index < -0.39 is 6.10 Å². The number of rotatable bonds is 4. The number of hydroxylamine groups is 1. The smallest absolute Gasteiger partial charge is 0.0963 e. The molecule has 1 rings (SSSR count). The van der Waals surface area contributed by atoms with E-state index in [1.165, 1.54) is 7.11 Å². The molecular formula is C10H15NO2. The second-order valence-corrected chi connectivity index (χ2v) is 2.97. The molecule has 0 saturated carbocycles. The van der Waals surface area contributed by atoms with Gasteiger partial charge < -0.3 is 9.94 Å². The Labute approximate surface area is 78.3 Å². The van der Waals surface area contributed by atoms with Crippen LogP contribution in [0.4, 0.5) is 0 Å². The summed E-state index contributed by atoms with van der Waals surface area (Å²) in [5.74, 6) is 0. The quantitative estimate of drug-likeness (QED) is 0.687. The largest absolute Gasteiger partial charge is 0.387 e. The maximum Gasteiger partial charge on any atom is 0.0963 e. The summed E-state index contributed by atoms with van der Waals surface area (Å²) >= 11 is 0. The fraction of sp³-hybridized carbons (Fsp3) is 0.400. The zero-order valence-electron chi connectivity index (χ0n) is 7.90. The molecule has 2 atom stereocenters. The van der Waals surface area contributed by atoms with E-state index in [9.17, 15) is 5.11 Å². The molecule has 0 aliphatic carbocycles. The number of aliphatic hydroxyl groups excluding tert-OH is 1. The van der Waals surface area contributed by atoms with Crippen LogP contribution in [0.2, 0.25) is 0 Å². The lowest BCUT2D eigenvalue weighted by Crippen LogP contribution is -2.31. The second kappa shape index (κ2) is 4.97. The molecule has 0 fully saturated rings. The van der Waals surface area contributed by atoms with Gasteiger partial charge in [-0.05, 0) is 12.5 Å². The van der Waals surface area contributed by atoms with Crippen molar-refractivity contribution in [2.75, 3.05) is 7.11 Å². The summed E-state index contributed by atoms with van der Waals surface area (Å²) in [5, 5.41) is 9.78. The normalized spacial score (nSPS) is 15.3. The molecule has 0 aliphatic rings. The molecule has 3 heteroatoms. The Hall–Kier alpha value is -0.900. The Morgan fingerprint density at radius 1 is 1.31 bits per heavy atom. The molecule has 1 aromatic carbocycles. The number of nitrogens with one attached hydrogen (secondary N) is 1. The van der Waals surface area contributed by atoms with Crippen LogP contribution < -0.4 is 5.48 Å². The van der Waals surface area contributed by atoms with Gasteiger partial charge in [-0.2, -0.15) is 5.48 Å². The van der Waals surface area contributed by atoms with Crippen molar-refractivity contribution < 1.29 is 9.94 Å². The predicted octanol–water partition coefficient (Wildman–Crippen LogP) is 1.26. The Balaban J connectivity index is 2.62. The summed E-state index contributed by atoms with van der Waals surface area (Å²) < 4.78 is 0. The fourth-order valence-electron chi connectivity index (χ4n) is 1.19. The maximum atomic E-state index is 9.78. The third-order valence-electron chi connectivity index (χ3n) is 1.92. The van der Waals surface area contributed by atoms with Crippen LogP contribution in [0.25, 0.3) is 0 Å². The lowest BCUT2D eigenvalue weighted by Gasteiger charge is -2.18. The van der Waals surface area contributed by atoms with Gasteiger partial charge >= 0.3 is 0 Å². The highest BCUT2D eigenvalue weighted by atomic mass is 16.6. The molecule has 1 aromatic rings. The second-order valence-electron chi connectivity index (χ2n) is 2.97. The van der Waals surface area contributed by atoms with Gasteiger partial charge in [0.15, 0.2) is 0 Å². The van der Waals surface area contributed by atoms with Crippen molar-refractivity contribution in [2.45, 2.75) is 19.1 Å². The van der Waals surface area contributed by atoms with E-state index in [1.54, 1.807) is 0 Å². The molecule has 0 radical (unpaired) electrons. The molecule has 3 nitrogen and oxygen atoms in total. The lowest BCUT2D eigenvalue weighted by atomic mass is 10.0. The first kappa shape index (κ1) is 10.2. The van der Waals surface area contributed by atoms with Gasteiger partial charge in [0.25, 0.3) is 0 Å². The highest BCUT2D eigenvalue weighted by molar-refractivity contribution is 5.18. The SMILES string of the molecule is CON[C@H](C)[C@@H](O)c1ccccc1. The van der Waals surface area contributed by atoms with E-state index in [1.807, 2.05) is 37.3 Å². The summed E-state index contributed by atoms with van der Waals surface area (Å²) in [4.78, 5) is 4.74. The van der Waals surface area contributed by atoms with E-state index in [-0.39, 0.29) is 6.04 Å². The van der Waals surface area contributed by atoms with E-state index >= 15 is 0 Å². The van der Waals surface area contributed by atoms with Gasteiger partial charge in [0, 0.05) is 0 Å². The van der Waals surface area contributed by atoms with Crippen molar-refractivity contribution in [1.29, 1.82) is 0 Å². The van der Waals surface area contributed by atoms with Gasteiger partial charge in [-0.25, -0.2) is 0 Å². The molecule has 0 spiro atoms. The first-order chi connectivity index (χ1) is 6.25. The van der Waals surface area contributed by atoms with E-state index in [0.29, 0.717) is 0 Å². The number of hydrogen-bond donors (Lipinski definition) is 2. The summed E-state index contributed by atoms with van der Waals surface area (Å²) in [6, 6.07) is 9.38. The van der Waals surface area contributed by atoms with Crippen LogP contribution in [0, 0.1) is 0 Å². The minimum atomic E-state index is -0.541. The van der Waals surface area contributed by atoms with Crippen molar-refractivity contribution in [1.82, 2.24) is 5.48 Å². The zero-order valence-corrected chi connectivity index (χ0v) is 7.90. The summed E-state index contributed by atoms with van der Waals surface area (Å²) in [5.41, 5.74) is 3.58. The van der Waals surface area contributed by atoms with Crippen LogP contribution in [0.1, 0.15) is 18.6 Å². The van der Waals surface area contributed by atoms with Gasteiger partial charge in [-0.3, -0.25) is 0 Å². The summed E-state index contributed by atoms with van der Waals surface area (Å²) in [7, 11) is 1.54. The minimum Gasteiger partial charge on any atom is -0.387 e. The number of hydrogen-bond acceptors (Lipinski definition) is 3. The van der Waals surface area contributed by atoms with Crippen LogP contribution in [0.15, 0.2) is 30.3 Å². The minimum absolute atomic E-state index is 0.118. The van der Waals surface area contributed by atoms with Crippen molar-refractivity contribution in [3.05, 3.63) is 35.9 Å². The molecule has 0 unspecified atom stereocenters. The van der Waals surface area contributed by atoms with Crippen molar-refractivity contribution in [3.63, 3.8) is 0 Å². The lowest BCUT2D eigenvalue weighted by molar-refractivity contribution is 0.0122. The first-order valence-electron chi connectivity index (χ1n) is 4.27. The Kier molecular flexibility index (Phi) is 3.89. The third-order valence-corrected chi connectivity index (χ3v) is 1.92. The summed E-state index contributed by atoms with van der Waals surface area (Å²) in [6.45, 7) is 1.86. The molecule has 0 heterocycles. The number of benzene rings is 1. The maximum absolute atomic E-state index is 9.78. The third kappa shape index (κ3) is 2.81. The van der Waals surface area contributed by atoms with Crippen LogP contribution >= 0.6 is 0 Å². The fourth-order valence-corrected chi connectivity index (χ4v) is 1.19. The predicted molar refractivity (Wildman–Crippen MR) is 51.0 cm³/mol. The van der Waals surface area contributed by atoms with Crippen molar-refractivity contribution in [3.8, 4) is 0 Å². The molecular weight excluding hydrogens is 166 g/mol. The highest BCUT2D eigenvalue weighted by Gasteiger charge is 2.14. The standard InChI is InChI=1S/C10H15NO2/c1-8(11-13-2)10(12)9-6-4-3-5-7-9/h3-8,10-12H,1-2H3/t8-,10-/m1/s1. The highest BCUT2D eigenvalue weighted by Crippen LogP contribution is 2.15. The monoisotopic (exact) mass is 181 g/mol. The Morgan fingerprint density at radius 2 is 1.92 bits per heavy atom. The van der Waals surface area contributed by atoms with Gasteiger partial charge in [-0.1, -0.05) is 30.3 Å². The van der Waals surface area contributed by atoms with E-state index in [4.69, 9.17) is 4.84 Å². The molecule has 2 N–H and O–H groups in total. The molecule has 0 saturated heterocycles. The van der Waals surface area contributed by atoms with Crippen LogP contribution in [0.5, 0.6) is 0 Å². The van der Waals surface area contributed by atoms with Crippen LogP contribution in [-0.2, 0) is 4.84 Å². The van der Waals surface area contributed by atoms with Gasteiger partial charge in [0.2, 0.25) is 0 Å². The zero-order chi connectivity index (χ0) is 9.68. The molecule has 0 amide bonds. The molecule has 0 aromatic heterocycles. The van der Waals surface area contributed by atoms with E-state index in [2.05, 4.69) is 5.48 Å². The Bertz CT molecular complexity index is 238. The van der Waals surface area contributed by atoms with Crippen molar-refractivity contribution >= 4 is 0 Å². The summed E-state index contributed by atoms with van der Waals surface area (Å²) in [6.07, 6.45) is -0.541. The topological polar surface area (TPSA) is 41.5 Å². The molecule has 0 bridgehead atoms. The molecule has 0 aliphatic heterocycles. The molecule has 13 heavy (non-hydrogen) atoms. The average molecular weight is 181 g/mol. The van der Waals surface area contributed by atoms with E-state index in [0.717, 1.165) is 5.56 Å². The van der Waals surface area contributed by atoms with Gasteiger partial charge in [0.1, 0.15) is 0 Å². The number of aliphatic hydroxyl groups is 1. The Morgan fingerprint density at radius 3 is 2.46 bits per heavy atom. The first-order valence-corrected chi connectivity index (χ1v) is 4.27. The van der Waals surface area contributed by atoms with Crippen LogP contribution in [0.3, 0.4) is 0 Å². The van der Waals surface area contributed by atoms with Gasteiger partial charge in [-0.15, -0.1) is 0 Å². The molecule has 72 valence electrons. The van der Waals surface area contributed by atoms with Gasteiger partial charge in [0.05, 0.1) is 19.3 Å². The average Bonchev–Trinajstić information content (AvgIpc) is 2.18. The van der Waals surface area contributed by atoms with Crippen molar-refractivity contribution in [2.24, 2.45) is 0 Å². The van der Waals surface area contributed by atoms with Crippen LogP contribution in [-0.4, -0.2) is 18.3 Å².